The highest BCUT2D eigenvalue weighted by Crippen LogP contribution is 2.35. The van der Waals surface area contributed by atoms with E-state index in [1.165, 1.54) is 0 Å². The molecule has 19 heavy (non-hydrogen) atoms. The summed E-state index contributed by atoms with van der Waals surface area (Å²) in [6.45, 7) is 0.955. The van der Waals surface area contributed by atoms with Crippen molar-refractivity contribution in [3.05, 3.63) is 18.2 Å². The van der Waals surface area contributed by atoms with Gasteiger partial charge in [-0.1, -0.05) is 0 Å². The van der Waals surface area contributed by atoms with Gasteiger partial charge in [-0.2, -0.15) is 9.28 Å². The van der Waals surface area contributed by atoms with E-state index in [9.17, 15) is 9.59 Å². The van der Waals surface area contributed by atoms with Crippen molar-refractivity contribution in [2.75, 3.05) is 31.7 Å². The highest BCUT2D eigenvalue weighted by atomic mass is 16.6. The van der Waals surface area contributed by atoms with Gasteiger partial charge in [-0.05, 0) is 6.07 Å². The minimum absolute atomic E-state index is 0.00524. The summed E-state index contributed by atoms with van der Waals surface area (Å²) in [4.78, 5) is 23.2. The predicted molar refractivity (Wildman–Crippen MR) is 67.6 cm³/mol. The minimum Gasteiger partial charge on any atom is -0.482 e. The Kier molecular flexibility index (Phi) is 2.65. The topological polar surface area (TPSA) is 90.7 Å². The molecule has 7 heteroatoms. The molecule has 1 atom stereocenters. The lowest BCUT2D eigenvalue weighted by Gasteiger charge is -2.27. The van der Waals surface area contributed by atoms with Crippen LogP contribution >= 0.6 is 0 Å². The average Bonchev–Trinajstić information content (AvgIpc) is 2.80. The number of rotatable bonds is 2. The molecule has 1 aromatic carbocycles. The van der Waals surface area contributed by atoms with E-state index in [-0.39, 0.29) is 29.8 Å². The van der Waals surface area contributed by atoms with Gasteiger partial charge in [-0.15, -0.1) is 0 Å². The minimum atomic E-state index is -0.370. The molecule has 2 amide bonds. The van der Waals surface area contributed by atoms with Crippen LogP contribution in [0, 0.1) is 0 Å². The van der Waals surface area contributed by atoms with Gasteiger partial charge in [-0.25, -0.2) is 0 Å². The van der Waals surface area contributed by atoms with Crippen LogP contribution in [-0.4, -0.2) is 38.4 Å². The molecule has 2 aliphatic heterocycles. The number of nitrogens with two attached hydrogens (primary N) is 1. The SMILES string of the molecule is NC[N+]1(c2ccc3c(c2)NC(=O)CO3)CCOC1=O. The lowest BCUT2D eigenvalue weighted by molar-refractivity contribution is -0.118. The second kappa shape index (κ2) is 4.22. The van der Waals surface area contributed by atoms with Crippen molar-refractivity contribution in [1.29, 1.82) is 0 Å². The largest absolute Gasteiger partial charge is 0.522 e. The molecule has 0 bridgehead atoms. The molecule has 1 saturated heterocycles. The van der Waals surface area contributed by atoms with Crippen molar-refractivity contribution in [2.24, 2.45) is 5.73 Å². The van der Waals surface area contributed by atoms with E-state index in [4.69, 9.17) is 15.2 Å². The molecule has 1 unspecified atom stereocenters. The zero-order valence-electron chi connectivity index (χ0n) is 10.2. The van der Waals surface area contributed by atoms with Crippen LogP contribution in [0.1, 0.15) is 0 Å². The summed E-state index contributed by atoms with van der Waals surface area (Å²) >= 11 is 0. The average molecular weight is 264 g/mol. The normalized spacial score (nSPS) is 25.3. The number of fused-ring (bicyclic) bond motifs is 1. The van der Waals surface area contributed by atoms with Gasteiger partial charge in [0, 0.05) is 12.1 Å². The summed E-state index contributed by atoms with van der Waals surface area (Å²) in [6.07, 6.45) is -0.370. The van der Waals surface area contributed by atoms with Crippen LogP contribution in [0.3, 0.4) is 0 Å². The number of carbonyl (C=O) groups is 2. The first-order chi connectivity index (χ1) is 9.15. The maximum absolute atomic E-state index is 11.9. The van der Waals surface area contributed by atoms with E-state index in [1.807, 2.05) is 0 Å². The van der Waals surface area contributed by atoms with E-state index in [0.717, 1.165) is 0 Å². The van der Waals surface area contributed by atoms with E-state index >= 15 is 0 Å². The summed E-state index contributed by atoms with van der Waals surface area (Å²) in [5, 5.41) is 2.71. The number of benzene rings is 1. The van der Waals surface area contributed by atoms with Crippen LogP contribution in [-0.2, 0) is 9.53 Å². The number of carbonyl (C=O) groups excluding carboxylic acids is 2. The Balaban J connectivity index is 2.04. The third-order valence-corrected chi connectivity index (χ3v) is 3.45. The van der Waals surface area contributed by atoms with Gasteiger partial charge < -0.3 is 14.8 Å². The summed E-state index contributed by atoms with van der Waals surface area (Å²) < 4.78 is 10.2. The van der Waals surface area contributed by atoms with Crippen LogP contribution in [0.5, 0.6) is 5.75 Å². The Morgan fingerprint density at radius 3 is 2.84 bits per heavy atom. The maximum atomic E-state index is 11.9. The first-order valence-corrected chi connectivity index (χ1v) is 5.97. The second-order valence-electron chi connectivity index (χ2n) is 4.51. The van der Waals surface area contributed by atoms with Crippen molar-refractivity contribution in [3.8, 4) is 5.75 Å². The first-order valence-electron chi connectivity index (χ1n) is 5.97. The molecule has 1 fully saturated rings. The number of amides is 2. The molecule has 0 saturated carbocycles. The van der Waals surface area contributed by atoms with E-state index in [1.54, 1.807) is 18.2 Å². The molecular formula is C12H14N3O4+. The van der Waals surface area contributed by atoms with Crippen molar-refractivity contribution in [2.45, 2.75) is 0 Å². The van der Waals surface area contributed by atoms with Gasteiger partial charge in [0.2, 0.25) is 0 Å². The first kappa shape index (κ1) is 11.9. The molecule has 0 aromatic heterocycles. The number of anilines is 1. The van der Waals surface area contributed by atoms with Crippen molar-refractivity contribution in [1.82, 2.24) is 4.48 Å². The van der Waals surface area contributed by atoms with E-state index in [0.29, 0.717) is 30.3 Å². The fourth-order valence-electron chi connectivity index (χ4n) is 2.35. The van der Waals surface area contributed by atoms with Crippen molar-refractivity contribution >= 4 is 23.4 Å². The van der Waals surface area contributed by atoms with E-state index < -0.39 is 0 Å². The quantitative estimate of drug-likeness (QED) is 0.754. The van der Waals surface area contributed by atoms with Crippen LogP contribution < -0.4 is 20.3 Å². The van der Waals surface area contributed by atoms with Crippen LogP contribution in [0.2, 0.25) is 0 Å². The van der Waals surface area contributed by atoms with E-state index in [2.05, 4.69) is 5.32 Å². The molecule has 0 aliphatic carbocycles. The fourth-order valence-corrected chi connectivity index (χ4v) is 2.35. The molecule has 1 aromatic rings. The van der Waals surface area contributed by atoms with Crippen LogP contribution in [0.4, 0.5) is 16.2 Å². The number of nitrogens with zero attached hydrogens (tertiary/aromatic N) is 1. The Morgan fingerprint density at radius 2 is 2.16 bits per heavy atom. The van der Waals surface area contributed by atoms with Crippen molar-refractivity contribution in [3.63, 3.8) is 0 Å². The fraction of sp³-hybridized carbons (Fsp3) is 0.333. The molecule has 0 spiro atoms. The van der Waals surface area contributed by atoms with Crippen LogP contribution in [0.15, 0.2) is 18.2 Å². The molecule has 3 rings (SSSR count). The standard InChI is InChI=1S/C12H13N3O4/c13-7-15(3-4-18-12(15)17)8-1-2-10-9(5-8)14-11(16)6-19-10/h1-2,5H,3-4,6-7,13H2/p+1. The van der Waals surface area contributed by atoms with Gasteiger partial charge in [0.05, 0.1) is 5.69 Å². The third kappa shape index (κ3) is 1.74. The number of ether oxygens (including phenoxy) is 2. The molecule has 0 radical (unpaired) electrons. The lowest BCUT2D eigenvalue weighted by atomic mass is 10.2. The summed E-state index contributed by atoms with van der Waals surface area (Å²) in [5.41, 5.74) is 6.99. The zero-order chi connectivity index (χ0) is 13.5. The van der Waals surface area contributed by atoms with Crippen LogP contribution in [0.25, 0.3) is 0 Å². The van der Waals surface area contributed by atoms with Gasteiger partial charge in [-0.3, -0.25) is 10.5 Å². The Morgan fingerprint density at radius 1 is 1.32 bits per heavy atom. The molecule has 100 valence electrons. The monoisotopic (exact) mass is 264 g/mol. The number of hydrogen-bond donors (Lipinski definition) is 2. The summed E-state index contributed by atoms with van der Waals surface area (Å²) in [6, 6.07) is 5.22. The van der Waals surface area contributed by atoms with Gasteiger partial charge in [0.15, 0.2) is 6.61 Å². The molecule has 2 heterocycles. The highest BCUT2D eigenvalue weighted by molar-refractivity contribution is 5.96. The third-order valence-electron chi connectivity index (χ3n) is 3.45. The summed E-state index contributed by atoms with van der Waals surface area (Å²) in [5.74, 6) is 0.374. The highest BCUT2D eigenvalue weighted by Gasteiger charge is 2.45. The molecular weight excluding hydrogens is 250 g/mol. The Hall–Kier alpha value is -2.12. The lowest BCUT2D eigenvalue weighted by Crippen LogP contribution is -2.54. The predicted octanol–water partition coefficient (Wildman–Crippen LogP) is 0.391. The van der Waals surface area contributed by atoms with Gasteiger partial charge in [0.25, 0.3) is 5.91 Å². The zero-order valence-corrected chi connectivity index (χ0v) is 10.2. The van der Waals surface area contributed by atoms with Gasteiger partial charge >= 0.3 is 6.09 Å². The van der Waals surface area contributed by atoms with Gasteiger partial charge in [0.1, 0.15) is 31.3 Å². The maximum Gasteiger partial charge on any atom is 0.522 e. The number of cyclic esters (lactones) is 1. The Labute approximate surface area is 109 Å². The van der Waals surface area contributed by atoms with Crippen molar-refractivity contribution < 1.29 is 19.1 Å². The smallest absolute Gasteiger partial charge is 0.482 e. The molecule has 7 nitrogen and oxygen atoms in total. The molecule has 3 N–H and O–H groups in total. The number of nitrogens with one attached hydrogen (secondary N) is 1. The Bertz CT molecular complexity index is 560. The molecule has 2 aliphatic rings. The summed E-state index contributed by atoms with van der Waals surface area (Å²) in [7, 11) is 0. The second-order valence-corrected chi connectivity index (χ2v) is 4.51. The number of hydrogen-bond acceptors (Lipinski definition) is 5. The number of quaternary nitrogens is 1.